The van der Waals surface area contributed by atoms with E-state index in [1.54, 1.807) is 18.2 Å². The van der Waals surface area contributed by atoms with Crippen molar-refractivity contribution in [2.75, 3.05) is 0 Å². The number of alkyl halides is 3. The van der Waals surface area contributed by atoms with Crippen molar-refractivity contribution in [3.05, 3.63) is 102 Å². The molecule has 1 heterocycles. The van der Waals surface area contributed by atoms with Crippen molar-refractivity contribution >= 4 is 50.4 Å². The van der Waals surface area contributed by atoms with Crippen LogP contribution in [0.4, 0.5) is 13.2 Å². The number of rotatable bonds is 9. The van der Waals surface area contributed by atoms with E-state index in [9.17, 15) is 23.1 Å². The molecule has 0 bridgehead atoms. The first-order chi connectivity index (χ1) is 18.6. The molecule has 39 heavy (non-hydrogen) atoms. The number of carbonyl (C=O) groups excluding carboxylic acids is 1. The topological polar surface area (TPSA) is 58.9 Å². The second kappa shape index (κ2) is 12.3. The zero-order chi connectivity index (χ0) is 28.2. The second-order valence-electron chi connectivity index (χ2n) is 9.40. The molecule has 1 atom stereocenters. The van der Waals surface area contributed by atoms with Crippen LogP contribution in [0.5, 0.6) is 0 Å². The van der Waals surface area contributed by atoms with E-state index in [0.717, 1.165) is 30.5 Å². The van der Waals surface area contributed by atoms with Crippen molar-refractivity contribution in [2.45, 2.75) is 57.2 Å². The van der Waals surface area contributed by atoms with Crippen LogP contribution in [0.25, 0.3) is 0 Å². The van der Waals surface area contributed by atoms with Crippen molar-refractivity contribution in [3.63, 3.8) is 0 Å². The molecule has 1 N–H and O–H groups in total. The molecule has 1 aliphatic rings. The smallest absolute Gasteiger partial charge is 0.416 e. The average molecular weight is 641 g/mol. The van der Waals surface area contributed by atoms with Crippen LogP contribution in [-0.2, 0) is 27.8 Å². The Balaban J connectivity index is 1.79. The number of thiophene rings is 1. The fourth-order valence-corrected chi connectivity index (χ4v) is 6.28. The zero-order valence-corrected chi connectivity index (χ0v) is 24.2. The molecule has 0 radical (unpaired) electrons. The Labute approximate surface area is 242 Å². The van der Waals surface area contributed by atoms with Gasteiger partial charge in [0.25, 0.3) is 0 Å². The lowest BCUT2D eigenvalue weighted by Crippen LogP contribution is -2.38. The van der Waals surface area contributed by atoms with Gasteiger partial charge in [-0.15, -0.1) is 0 Å². The third-order valence-corrected chi connectivity index (χ3v) is 8.90. The van der Waals surface area contributed by atoms with Crippen molar-refractivity contribution < 1.29 is 27.9 Å². The van der Waals surface area contributed by atoms with Crippen LogP contribution >= 0.6 is 38.9 Å². The molecule has 0 saturated heterocycles. The summed E-state index contributed by atoms with van der Waals surface area (Å²) in [6.07, 6.45) is -2.64. The molecule has 10 heteroatoms. The molecule has 0 spiro atoms. The monoisotopic (exact) mass is 639 g/mol. The van der Waals surface area contributed by atoms with Crippen LogP contribution in [-0.4, -0.2) is 16.6 Å². The maximum absolute atomic E-state index is 13.8. The van der Waals surface area contributed by atoms with Gasteiger partial charge in [-0.1, -0.05) is 54.4 Å². The lowest BCUT2D eigenvalue weighted by molar-refractivity contribution is -0.137. The van der Waals surface area contributed by atoms with Crippen LogP contribution in [0.15, 0.2) is 80.3 Å². The van der Waals surface area contributed by atoms with Gasteiger partial charge in [0, 0.05) is 28.3 Å². The number of hydrogen-bond acceptors (Lipinski definition) is 5. The second-order valence-corrected chi connectivity index (χ2v) is 11.4. The quantitative estimate of drug-likeness (QED) is 0.187. The SMILES string of the molecule is CCCCC(=NOCc1ccsc1)C1=C(O)CC(c2ccc(C(F)(F)F)cc2)(c2cccc(Cl)c2Br)CC1=O. The molecule has 3 aromatic rings. The van der Waals surface area contributed by atoms with Gasteiger partial charge in [-0.25, -0.2) is 0 Å². The fourth-order valence-electron chi connectivity index (χ4n) is 4.81. The number of carbonyl (C=O) groups is 1. The molecule has 1 unspecified atom stereocenters. The molecule has 0 fully saturated rings. The fraction of sp³-hybridized carbons (Fsp3) is 0.310. The van der Waals surface area contributed by atoms with E-state index >= 15 is 0 Å². The minimum atomic E-state index is -4.51. The van der Waals surface area contributed by atoms with Gasteiger partial charge >= 0.3 is 6.18 Å². The Morgan fingerprint density at radius 2 is 1.92 bits per heavy atom. The minimum Gasteiger partial charge on any atom is -0.511 e. The normalized spacial score (nSPS) is 18.5. The third kappa shape index (κ3) is 6.42. The van der Waals surface area contributed by atoms with Gasteiger partial charge in [0.2, 0.25) is 0 Å². The largest absolute Gasteiger partial charge is 0.511 e. The highest BCUT2D eigenvalue weighted by atomic mass is 79.9. The molecule has 0 amide bonds. The molecule has 206 valence electrons. The Bertz CT molecular complexity index is 1390. The van der Waals surface area contributed by atoms with Crippen LogP contribution < -0.4 is 0 Å². The first-order valence-corrected chi connectivity index (χ1v) is 14.5. The first-order valence-electron chi connectivity index (χ1n) is 12.3. The van der Waals surface area contributed by atoms with Crippen LogP contribution in [0.1, 0.15) is 61.3 Å². The maximum Gasteiger partial charge on any atom is 0.416 e. The number of halogens is 5. The predicted molar refractivity (Wildman–Crippen MR) is 151 cm³/mol. The Kier molecular flexibility index (Phi) is 9.24. The summed E-state index contributed by atoms with van der Waals surface area (Å²) < 4.78 is 40.4. The van der Waals surface area contributed by atoms with Crippen molar-refractivity contribution in [1.29, 1.82) is 0 Å². The van der Waals surface area contributed by atoms with E-state index in [1.807, 2.05) is 23.8 Å². The van der Waals surface area contributed by atoms with Crippen molar-refractivity contribution in [1.82, 2.24) is 0 Å². The molecular formula is C29H26BrClF3NO3S. The number of allylic oxidation sites excluding steroid dienone is 2. The molecule has 0 saturated carbocycles. The van der Waals surface area contributed by atoms with Crippen LogP contribution in [0.3, 0.4) is 0 Å². The van der Waals surface area contributed by atoms with E-state index in [0.29, 0.717) is 32.8 Å². The standard InChI is InChI=1S/C29H26BrClF3NO3S/c1-2-3-7-23(35-38-16-18-12-13-39-17-18)26-24(36)14-28(15-25(26)37,21-5-4-6-22(31)27(21)30)19-8-10-20(11-9-19)29(32,33)34/h4-6,8-13,17,36H,2-3,7,14-16H2,1H3. The van der Waals surface area contributed by atoms with Gasteiger partial charge in [0.1, 0.15) is 12.4 Å². The summed E-state index contributed by atoms with van der Waals surface area (Å²) in [7, 11) is 0. The predicted octanol–water partition coefficient (Wildman–Crippen LogP) is 9.41. The van der Waals surface area contributed by atoms with E-state index in [2.05, 4.69) is 21.1 Å². The third-order valence-electron chi connectivity index (χ3n) is 6.77. The van der Waals surface area contributed by atoms with Gasteiger partial charge in [-0.05, 0) is 74.9 Å². The van der Waals surface area contributed by atoms with E-state index in [-0.39, 0.29) is 36.6 Å². The van der Waals surface area contributed by atoms with E-state index < -0.39 is 17.2 Å². The van der Waals surface area contributed by atoms with Gasteiger partial charge in [0.15, 0.2) is 5.78 Å². The average Bonchev–Trinajstić information content (AvgIpc) is 3.41. The summed E-state index contributed by atoms with van der Waals surface area (Å²) in [5, 5.41) is 19.9. The molecular weight excluding hydrogens is 615 g/mol. The number of nitrogens with zero attached hydrogens (tertiary/aromatic N) is 1. The molecule has 1 aromatic heterocycles. The maximum atomic E-state index is 13.8. The van der Waals surface area contributed by atoms with Crippen molar-refractivity contribution in [3.8, 4) is 0 Å². The lowest BCUT2D eigenvalue weighted by atomic mass is 9.64. The first kappa shape index (κ1) is 29.4. The summed E-state index contributed by atoms with van der Waals surface area (Å²) in [6.45, 7) is 2.24. The number of hydrogen-bond donors (Lipinski definition) is 1. The zero-order valence-electron chi connectivity index (χ0n) is 21.0. The Morgan fingerprint density at radius 1 is 1.18 bits per heavy atom. The summed E-state index contributed by atoms with van der Waals surface area (Å²) in [5.41, 5.74) is 0.499. The number of aliphatic hydroxyl groups is 1. The highest BCUT2D eigenvalue weighted by Gasteiger charge is 2.45. The van der Waals surface area contributed by atoms with E-state index in [1.165, 1.54) is 23.5 Å². The van der Waals surface area contributed by atoms with Gasteiger partial charge in [-0.2, -0.15) is 24.5 Å². The highest BCUT2D eigenvalue weighted by Crippen LogP contribution is 2.49. The summed E-state index contributed by atoms with van der Waals surface area (Å²) in [4.78, 5) is 19.4. The molecule has 0 aliphatic heterocycles. The minimum absolute atomic E-state index is 0.0337. The number of Topliss-reactive ketones (excluding diaryl/α,β-unsaturated/α-hetero) is 1. The molecule has 4 rings (SSSR count). The van der Waals surface area contributed by atoms with Crippen LogP contribution in [0, 0.1) is 0 Å². The van der Waals surface area contributed by atoms with Crippen LogP contribution in [0.2, 0.25) is 5.02 Å². The highest BCUT2D eigenvalue weighted by molar-refractivity contribution is 9.10. The van der Waals surface area contributed by atoms with Gasteiger partial charge < -0.3 is 9.94 Å². The number of benzene rings is 2. The van der Waals surface area contributed by atoms with Crippen molar-refractivity contribution in [2.24, 2.45) is 5.16 Å². The summed E-state index contributed by atoms with van der Waals surface area (Å²) >= 11 is 11.4. The molecule has 1 aliphatic carbocycles. The number of ketones is 1. The number of unbranched alkanes of at least 4 members (excludes halogenated alkanes) is 1. The molecule has 4 nitrogen and oxygen atoms in total. The molecule has 2 aromatic carbocycles. The van der Waals surface area contributed by atoms with E-state index in [4.69, 9.17) is 16.4 Å². The lowest BCUT2D eigenvalue weighted by Gasteiger charge is -2.39. The Hall–Kier alpha value is -2.62. The Morgan fingerprint density at radius 3 is 2.54 bits per heavy atom. The van der Waals surface area contributed by atoms with Gasteiger partial charge in [-0.3, -0.25) is 4.79 Å². The summed E-state index contributed by atoms with van der Waals surface area (Å²) in [5.74, 6) is -0.563. The number of aliphatic hydroxyl groups excluding tert-OH is 1. The van der Waals surface area contributed by atoms with Gasteiger partial charge in [0.05, 0.1) is 21.9 Å². The number of oxime groups is 1. The summed E-state index contributed by atoms with van der Waals surface area (Å²) in [6, 6.07) is 11.7.